The van der Waals surface area contributed by atoms with Crippen molar-refractivity contribution in [2.24, 2.45) is 0 Å². The fraction of sp³-hybridized carbons (Fsp3) is 0.235. The van der Waals surface area contributed by atoms with Crippen LogP contribution in [0.15, 0.2) is 40.2 Å². The summed E-state index contributed by atoms with van der Waals surface area (Å²) in [7, 11) is 4.00. The van der Waals surface area contributed by atoms with E-state index in [9.17, 15) is 4.79 Å². The third-order valence-electron chi connectivity index (χ3n) is 3.49. The van der Waals surface area contributed by atoms with Crippen LogP contribution in [0.2, 0.25) is 0 Å². The molecule has 1 aromatic carbocycles. The van der Waals surface area contributed by atoms with E-state index in [1.165, 1.54) is 0 Å². The van der Waals surface area contributed by atoms with Crippen molar-refractivity contribution in [1.29, 1.82) is 0 Å². The highest BCUT2D eigenvalue weighted by Gasteiger charge is 2.21. The van der Waals surface area contributed by atoms with Gasteiger partial charge in [0.05, 0.1) is 15.3 Å². The van der Waals surface area contributed by atoms with E-state index < -0.39 is 0 Å². The Bertz CT molecular complexity index is 838. The number of amides is 1. The molecule has 0 radical (unpaired) electrons. The maximum Gasteiger partial charge on any atom is 0.253 e. The molecule has 3 rings (SSSR count). The molecule has 0 bridgehead atoms. The molecule has 2 aromatic heterocycles. The third kappa shape index (κ3) is 3.50. The van der Waals surface area contributed by atoms with Gasteiger partial charge in [-0.2, -0.15) is 0 Å². The largest absolute Gasteiger partial charge is 0.351 e. The molecule has 0 spiro atoms. The van der Waals surface area contributed by atoms with Gasteiger partial charge in [-0.1, -0.05) is 18.2 Å². The first-order valence-corrected chi connectivity index (χ1v) is 9.74. The first-order valence-electron chi connectivity index (χ1n) is 7.25. The van der Waals surface area contributed by atoms with E-state index in [2.05, 4.69) is 32.2 Å². The van der Waals surface area contributed by atoms with Crippen LogP contribution in [0.25, 0.3) is 19.8 Å². The fourth-order valence-electron chi connectivity index (χ4n) is 2.37. The second-order valence-electron chi connectivity index (χ2n) is 5.46. The number of nitrogens with zero attached hydrogens (tertiary/aromatic N) is 1. The summed E-state index contributed by atoms with van der Waals surface area (Å²) in [5.41, 5.74) is 0.785. The van der Waals surface area contributed by atoms with Gasteiger partial charge in [-0.3, -0.25) is 4.79 Å². The van der Waals surface area contributed by atoms with Gasteiger partial charge in [0, 0.05) is 27.6 Å². The Kier molecular flexibility index (Phi) is 5.16. The Hall–Kier alpha value is -1.21. The van der Waals surface area contributed by atoms with Crippen LogP contribution in [-0.4, -0.2) is 38.0 Å². The lowest BCUT2D eigenvalue weighted by Gasteiger charge is -2.11. The predicted molar refractivity (Wildman–Crippen MR) is 104 cm³/mol. The molecule has 3 nitrogen and oxygen atoms in total. The summed E-state index contributed by atoms with van der Waals surface area (Å²) in [6.45, 7) is 1.47. The summed E-state index contributed by atoms with van der Waals surface area (Å²) in [5.74, 6) is -0.000370. The average molecular weight is 409 g/mol. The van der Waals surface area contributed by atoms with Gasteiger partial charge < -0.3 is 10.2 Å². The summed E-state index contributed by atoms with van der Waals surface area (Å²) >= 11 is 6.92. The van der Waals surface area contributed by atoms with Crippen LogP contribution >= 0.6 is 38.6 Å². The Morgan fingerprint density at radius 3 is 2.70 bits per heavy atom. The zero-order valence-electron chi connectivity index (χ0n) is 12.9. The van der Waals surface area contributed by atoms with Crippen LogP contribution in [0.3, 0.4) is 0 Å². The minimum atomic E-state index is -0.000370. The van der Waals surface area contributed by atoms with Crippen molar-refractivity contribution in [2.75, 3.05) is 27.2 Å². The molecular weight excluding hydrogens is 392 g/mol. The molecule has 3 aromatic rings. The molecule has 0 atom stereocenters. The zero-order chi connectivity index (χ0) is 16.4. The molecule has 23 heavy (non-hydrogen) atoms. The molecule has 1 amide bonds. The van der Waals surface area contributed by atoms with Crippen molar-refractivity contribution < 1.29 is 4.79 Å². The molecule has 1 N–H and O–H groups in total. The molecule has 0 saturated carbocycles. The second kappa shape index (κ2) is 7.13. The number of thiophene rings is 2. The minimum Gasteiger partial charge on any atom is -0.351 e. The van der Waals surface area contributed by atoms with Crippen LogP contribution in [0, 0.1) is 0 Å². The van der Waals surface area contributed by atoms with Gasteiger partial charge in [0.25, 0.3) is 5.91 Å². The van der Waals surface area contributed by atoms with E-state index in [1.807, 2.05) is 43.7 Å². The highest BCUT2D eigenvalue weighted by Crippen LogP contribution is 2.43. The van der Waals surface area contributed by atoms with E-state index in [4.69, 9.17) is 0 Å². The van der Waals surface area contributed by atoms with Crippen LogP contribution in [0.1, 0.15) is 10.4 Å². The third-order valence-corrected chi connectivity index (χ3v) is 6.66. The van der Waals surface area contributed by atoms with Crippen molar-refractivity contribution in [2.45, 2.75) is 0 Å². The standard InChI is InChI=1S/C17H17BrN2OS2/c1-20(2)9-8-19-17(21)14-11-5-3-4-6-13(11)23-16(14)15-12(18)7-10-22-15/h3-7,10H,8-9H2,1-2H3,(H,19,21). The number of nitrogens with one attached hydrogen (secondary N) is 1. The lowest BCUT2D eigenvalue weighted by molar-refractivity contribution is 0.0953. The van der Waals surface area contributed by atoms with E-state index in [0.29, 0.717) is 6.54 Å². The normalized spacial score (nSPS) is 11.3. The van der Waals surface area contributed by atoms with Crippen molar-refractivity contribution in [3.8, 4) is 9.75 Å². The topological polar surface area (TPSA) is 32.3 Å². The number of hydrogen-bond donors (Lipinski definition) is 1. The van der Waals surface area contributed by atoms with Crippen LogP contribution in [0.4, 0.5) is 0 Å². The summed E-state index contributed by atoms with van der Waals surface area (Å²) in [5, 5.41) is 6.11. The quantitative estimate of drug-likeness (QED) is 0.664. The van der Waals surface area contributed by atoms with Crippen molar-refractivity contribution in [3.63, 3.8) is 0 Å². The number of hydrogen-bond acceptors (Lipinski definition) is 4. The van der Waals surface area contributed by atoms with Gasteiger partial charge in [-0.05, 0) is 47.5 Å². The molecule has 0 aliphatic heterocycles. The van der Waals surface area contributed by atoms with Crippen LogP contribution in [0.5, 0.6) is 0 Å². The van der Waals surface area contributed by atoms with E-state index in [0.717, 1.165) is 36.4 Å². The smallest absolute Gasteiger partial charge is 0.253 e. The maximum absolute atomic E-state index is 12.8. The van der Waals surface area contributed by atoms with Crippen molar-refractivity contribution in [3.05, 3.63) is 45.7 Å². The average Bonchev–Trinajstić information content (AvgIpc) is 3.09. The van der Waals surface area contributed by atoms with Crippen LogP contribution < -0.4 is 5.32 Å². The number of fused-ring (bicyclic) bond motifs is 1. The Morgan fingerprint density at radius 1 is 1.22 bits per heavy atom. The van der Waals surface area contributed by atoms with Gasteiger partial charge in [-0.15, -0.1) is 22.7 Å². The maximum atomic E-state index is 12.8. The fourth-order valence-corrected chi connectivity index (χ4v) is 5.44. The lowest BCUT2D eigenvalue weighted by atomic mass is 10.1. The lowest BCUT2D eigenvalue weighted by Crippen LogP contribution is -2.31. The molecular formula is C17H17BrN2OS2. The SMILES string of the molecule is CN(C)CCNC(=O)c1c(-c2sccc2Br)sc2ccccc12. The summed E-state index contributed by atoms with van der Waals surface area (Å²) in [4.78, 5) is 17.0. The molecule has 0 aliphatic rings. The van der Waals surface area contributed by atoms with E-state index in [1.54, 1.807) is 22.7 Å². The molecule has 120 valence electrons. The van der Waals surface area contributed by atoms with Gasteiger partial charge in [-0.25, -0.2) is 0 Å². The Balaban J connectivity index is 2.03. The first kappa shape index (κ1) is 16.6. The summed E-state index contributed by atoms with van der Waals surface area (Å²) in [6, 6.07) is 10.1. The van der Waals surface area contributed by atoms with E-state index >= 15 is 0 Å². The number of carbonyl (C=O) groups excluding carboxylic acids is 1. The number of carbonyl (C=O) groups is 1. The number of benzene rings is 1. The molecule has 2 heterocycles. The highest BCUT2D eigenvalue weighted by molar-refractivity contribution is 9.10. The van der Waals surface area contributed by atoms with Gasteiger partial charge >= 0.3 is 0 Å². The number of halogens is 1. The second-order valence-corrected chi connectivity index (χ2v) is 8.28. The van der Waals surface area contributed by atoms with Gasteiger partial charge in [0.2, 0.25) is 0 Å². The Labute approximate surface area is 152 Å². The highest BCUT2D eigenvalue weighted by atomic mass is 79.9. The van der Waals surface area contributed by atoms with Gasteiger partial charge in [0.1, 0.15) is 0 Å². The summed E-state index contributed by atoms with van der Waals surface area (Å²) in [6.07, 6.45) is 0. The molecule has 0 fully saturated rings. The molecule has 0 unspecified atom stereocenters. The van der Waals surface area contributed by atoms with Crippen LogP contribution in [-0.2, 0) is 0 Å². The first-order chi connectivity index (χ1) is 11.1. The number of rotatable bonds is 5. The van der Waals surface area contributed by atoms with Crippen molar-refractivity contribution >= 4 is 54.6 Å². The summed E-state index contributed by atoms with van der Waals surface area (Å²) < 4.78 is 2.18. The van der Waals surface area contributed by atoms with Gasteiger partial charge in [0.15, 0.2) is 0 Å². The van der Waals surface area contributed by atoms with Crippen molar-refractivity contribution in [1.82, 2.24) is 10.2 Å². The number of likely N-dealkylation sites (N-methyl/N-ethyl adjacent to an activating group) is 1. The molecule has 0 aliphatic carbocycles. The van der Waals surface area contributed by atoms with E-state index in [-0.39, 0.29) is 5.91 Å². The molecule has 6 heteroatoms. The monoisotopic (exact) mass is 408 g/mol. The predicted octanol–water partition coefficient (Wildman–Crippen LogP) is 4.68. The zero-order valence-corrected chi connectivity index (χ0v) is 16.1. The Morgan fingerprint density at radius 2 is 2.00 bits per heavy atom. The minimum absolute atomic E-state index is 0.000370. The molecule has 0 saturated heterocycles.